The van der Waals surface area contributed by atoms with Gasteiger partial charge in [0, 0.05) is 45.7 Å². The van der Waals surface area contributed by atoms with Gasteiger partial charge >= 0.3 is 0 Å². The Morgan fingerprint density at radius 2 is 2.03 bits per heavy atom. The Labute approximate surface area is 208 Å². The lowest BCUT2D eigenvalue weighted by atomic mass is 10.1. The Bertz CT molecular complexity index is 837. The lowest BCUT2D eigenvalue weighted by molar-refractivity contribution is -0.0390. The van der Waals surface area contributed by atoms with Gasteiger partial charge in [-0.1, -0.05) is 35.9 Å². The average Bonchev–Trinajstić information content (AvgIpc) is 3.07. The van der Waals surface area contributed by atoms with Crippen LogP contribution in [0.3, 0.4) is 0 Å². The molecule has 6 nitrogen and oxygen atoms in total. The predicted octanol–water partition coefficient (Wildman–Crippen LogP) is 4.59. The van der Waals surface area contributed by atoms with Crippen molar-refractivity contribution in [3.05, 3.63) is 58.4 Å². The van der Waals surface area contributed by atoms with E-state index in [9.17, 15) is 0 Å². The first-order valence-electron chi connectivity index (χ1n) is 10.6. The fourth-order valence-corrected chi connectivity index (χ4v) is 3.82. The van der Waals surface area contributed by atoms with Gasteiger partial charge < -0.3 is 24.3 Å². The molecule has 0 atom stereocenters. The molecule has 0 bridgehead atoms. The number of guanidine groups is 1. The number of hydrogen-bond acceptors (Lipinski definition) is 3. The number of aromatic nitrogens is 1. The van der Waals surface area contributed by atoms with Gasteiger partial charge in [0.25, 0.3) is 0 Å². The van der Waals surface area contributed by atoms with E-state index in [1.807, 2.05) is 30.9 Å². The summed E-state index contributed by atoms with van der Waals surface area (Å²) >= 11 is 6.12. The highest BCUT2D eigenvalue weighted by Crippen LogP contribution is 2.16. The molecule has 1 N–H and O–H groups in total. The number of hydrogen-bond donors (Lipinski definition) is 1. The van der Waals surface area contributed by atoms with Crippen LogP contribution in [0.1, 0.15) is 36.6 Å². The van der Waals surface area contributed by atoms with Gasteiger partial charge in [-0.25, -0.2) is 4.99 Å². The molecule has 0 spiro atoms. The van der Waals surface area contributed by atoms with Crippen molar-refractivity contribution >= 4 is 41.5 Å². The van der Waals surface area contributed by atoms with E-state index in [2.05, 4.69) is 41.4 Å². The summed E-state index contributed by atoms with van der Waals surface area (Å²) in [4.78, 5) is 6.96. The van der Waals surface area contributed by atoms with Gasteiger partial charge in [-0.3, -0.25) is 0 Å². The van der Waals surface area contributed by atoms with Gasteiger partial charge in [0.15, 0.2) is 5.96 Å². The van der Waals surface area contributed by atoms with Gasteiger partial charge in [0.1, 0.15) is 0 Å². The van der Waals surface area contributed by atoms with Crippen LogP contribution in [-0.2, 0) is 36.2 Å². The first-order chi connectivity index (χ1) is 14.5. The van der Waals surface area contributed by atoms with E-state index in [1.165, 1.54) is 11.1 Å². The fraction of sp³-hybridized carbons (Fsp3) is 0.522. The lowest BCUT2D eigenvalue weighted by Gasteiger charge is -2.23. The zero-order chi connectivity index (χ0) is 21.3. The molecular weight excluding hydrogens is 527 g/mol. The zero-order valence-electron chi connectivity index (χ0n) is 18.6. The molecule has 0 amide bonds. The number of rotatable bonds is 8. The predicted molar refractivity (Wildman–Crippen MR) is 137 cm³/mol. The second kappa shape index (κ2) is 13.3. The highest BCUT2D eigenvalue weighted by atomic mass is 127. The highest BCUT2D eigenvalue weighted by Gasteiger charge is 2.14. The van der Waals surface area contributed by atoms with E-state index in [4.69, 9.17) is 26.1 Å². The number of ether oxygens (including phenoxy) is 2. The van der Waals surface area contributed by atoms with Crippen LogP contribution in [0.5, 0.6) is 0 Å². The van der Waals surface area contributed by atoms with Crippen molar-refractivity contribution in [2.45, 2.75) is 45.6 Å². The molecule has 2 heterocycles. The van der Waals surface area contributed by atoms with Gasteiger partial charge in [-0.05, 0) is 37.0 Å². The molecule has 1 aromatic heterocycles. The molecule has 0 radical (unpaired) electrons. The Morgan fingerprint density at radius 3 is 2.71 bits per heavy atom. The van der Waals surface area contributed by atoms with Crippen molar-refractivity contribution in [3.63, 3.8) is 0 Å². The van der Waals surface area contributed by atoms with Crippen LogP contribution in [0.4, 0.5) is 0 Å². The average molecular weight is 561 g/mol. The van der Waals surface area contributed by atoms with E-state index in [0.29, 0.717) is 19.3 Å². The number of nitrogens with one attached hydrogen (secondary N) is 1. The topological polar surface area (TPSA) is 51.0 Å². The van der Waals surface area contributed by atoms with Crippen molar-refractivity contribution in [1.29, 1.82) is 0 Å². The van der Waals surface area contributed by atoms with E-state index < -0.39 is 0 Å². The summed E-state index contributed by atoms with van der Waals surface area (Å²) in [5.41, 5.74) is 3.50. The molecule has 1 aliphatic heterocycles. The first-order valence-corrected chi connectivity index (χ1v) is 11.0. The van der Waals surface area contributed by atoms with Gasteiger partial charge in [-0.15, -0.1) is 24.0 Å². The summed E-state index contributed by atoms with van der Waals surface area (Å²) in [5, 5.41) is 4.13. The minimum atomic E-state index is 0. The second-order valence-corrected chi connectivity index (χ2v) is 8.17. The Morgan fingerprint density at radius 1 is 1.29 bits per heavy atom. The normalized spacial score (nSPS) is 14.9. The summed E-state index contributed by atoms with van der Waals surface area (Å²) in [7, 11) is 4.05. The molecule has 1 aromatic carbocycles. The molecule has 3 rings (SSSR count). The third-order valence-electron chi connectivity index (χ3n) is 5.23. The molecule has 1 saturated heterocycles. The van der Waals surface area contributed by atoms with Crippen molar-refractivity contribution in [2.24, 2.45) is 12.0 Å². The van der Waals surface area contributed by atoms with E-state index in [1.54, 1.807) is 0 Å². The summed E-state index contributed by atoms with van der Waals surface area (Å²) in [6.45, 7) is 6.48. The Kier molecular flexibility index (Phi) is 11.1. The number of nitrogens with zero attached hydrogens (tertiary/aromatic N) is 3. The van der Waals surface area contributed by atoms with Crippen LogP contribution < -0.4 is 5.32 Å². The summed E-state index contributed by atoms with van der Waals surface area (Å²) in [6.07, 6.45) is 4.19. The smallest absolute Gasteiger partial charge is 0.194 e. The standard InChI is InChI=1S/C23H33ClN4O2.HI/c1-4-25-23(28(3)16-21-13-20(24)15-27(21)2)26-14-18-6-5-7-19(12-18)17-30-22-8-10-29-11-9-22;/h5-7,12-13,15,22H,4,8-11,14,16-17H2,1-3H3,(H,25,26);1H. The third-order valence-corrected chi connectivity index (χ3v) is 5.43. The molecular formula is C23H34ClIN4O2. The Balaban J connectivity index is 0.00000341. The van der Waals surface area contributed by atoms with Crippen molar-refractivity contribution in [3.8, 4) is 0 Å². The van der Waals surface area contributed by atoms with E-state index in [-0.39, 0.29) is 24.0 Å². The lowest BCUT2D eigenvalue weighted by Crippen LogP contribution is -2.38. The van der Waals surface area contributed by atoms with Crippen LogP contribution in [-0.4, -0.2) is 48.3 Å². The van der Waals surface area contributed by atoms with Crippen LogP contribution in [0.25, 0.3) is 0 Å². The number of benzene rings is 1. The molecule has 2 aromatic rings. The molecule has 31 heavy (non-hydrogen) atoms. The molecule has 0 aliphatic carbocycles. The van der Waals surface area contributed by atoms with Crippen molar-refractivity contribution in [1.82, 2.24) is 14.8 Å². The maximum atomic E-state index is 6.12. The van der Waals surface area contributed by atoms with E-state index >= 15 is 0 Å². The number of aliphatic imine (C=N–C) groups is 1. The summed E-state index contributed by atoms with van der Waals surface area (Å²) < 4.78 is 13.5. The van der Waals surface area contributed by atoms with Crippen molar-refractivity contribution < 1.29 is 9.47 Å². The fourth-order valence-electron chi connectivity index (χ4n) is 3.55. The van der Waals surface area contributed by atoms with Crippen LogP contribution in [0.2, 0.25) is 5.02 Å². The summed E-state index contributed by atoms with van der Waals surface area (Å²) in [6, 6.07) is 10.5. The maximum Gasteiger partial charge on any atom is 0.194 e. The number of halogens is 2. The number of aryl methyl sites for hydroxylation is 1. The van der Waals surface area contributed by atoms with Gasteiger partial charge in [0.2, 0.25) is 0 Å². The summed E-state index contributed by atoms with van der Waals surface area (Å²) in [5.74, 6) is 0.874. The molecule has 0 saturated carbocycles. The quantitative estimate of drug-likeness (QED) is 0.292. The van der Waals surface area contributed by atoms with Crippen LogP contribution >= 0.6 is 35.6 Å². The minimum Gasteiger partial charge on any atom is -0.381 e. The first kappa shape index (κ1) is 26.0. The SMILES string of the molecule is CCNC(=NCc1cccc(COC2CCOCC2)c1)N(C)Cc1cc(Cl)cn1C.I. The second-order valence-electron chi connectivity index (χ2n) is 7.73. The molecule has 8 heteroatoms. The largest absolute Gasteiger partial charge is 0.381 e. The molecule has 1 fully saturated rings. The van der Waals surface area contributed by atoms with Crippen molar-refractivity contribution in [2.75, 3.05) is 26.8 Å². The third kappa shape index (κ3) is 8.29. The van der Waals surface area contributed by atoms with Crippen LogP contribution in [0.15, 0.2) is 41.5 Å². The molecule has 0 unspecified atom stereocenters. The highest BCUT2D eigenvalue weighted by molar-refractivity contribution is 14.0. The maximum absolute atomic E-state index is 6.12. The minimum absolute atomic E-state index is 0. The zero-order valence-corrected chi connectivity index (χ0v) is 21.7. The molecule has 172 valence electrons. The molecule has 1 aliphatic rings. The van der Waals surface area contributed by atoms with E-state index in [0.717, 1.165) is 55.8 Å². The van der Waals surface area contributed by atoms with Gasteiger partial charge in [0.05, 0.1) is 30.8 Å². The Hall–Kier alpha value is -1.29. The van der Waals surface area contributed by atoms with Crippen LogP contribution in [0, 0.1) is 0 Å². The monoisotopic (exact) mass is 560 g/mol. The van der Waals surface area contributed by atoms with Gasteiger partial charge in [-0.2, -0.15) is 0 Å².